The van der Waals surface area contributed by atoms with Gasteiger partial charge < -0.3 is 15.0 Å². The molecule has 0 aromatic rings. The molecule has 1 atom stereocenters. The minimum absolute atomic E-state index is 0.0861. The van der Waals surface area contributed by atoms with Crippen LogP contribution in [0.3, 0.4) is 0 Å². The molecular formula is C10H18F2N2O2. The van der Waals surface area contributed by atoms with Gasteiger partial charge in [-0.2, -0.15) is 0 Å². The van der Waals surface area contributed by atoms with E-state index in [1.54, 1.807) is 20.8 Å². The van der Waals surface area contributed by atoms with Crippen molar-refractivity contribution in [3.05, 3.63) is 0 Å². The molecule has 1 aliphatic heterocycles. The molecule has 0 aromatic carbocycles. The van der Waals surface area contributed by atoms with Gasteiger partial charge in [0.05, 0.1) is 6.54 Å². The SMILES string of the molecule is CN(C(=O)OC(C)(C)C)C1CNCC1(F)F. The normalized spacial score (nSPS) is 24.2. The maximum atomic E-state index is 13.3. The van der Waals surface area contributed by atoms with Gasteiger partial charge >= 0.3 is 6.09 Å². The predicted molar refractivity (Wildman–Crippen MR) is 55.6 cm³/mol. The van der Waals surface area contributed by atoms with E-state index in [4.69, 9.17) is 4.74 Å². The molecule has 1 N–H and O–H groups in total. The topological polar surface area (TPSA) is 41.6 Å². The fourth-order valence-electron chi connectivity index (χ4n) is 1.52. The largest absolute Gasteiger partial charge is 0.444 e. The zero-order valence-electron chi connectivity index (χ0n) is 10.0. The van der Waals surface area contributed by atoms with Crippen LogP contribution < -0.4 is 5.32 Å². The van der Waals surface area contributed by atoms with Crippen LogP contribution in [0.25, 0.3) is 0 Å². The Morgan fingerprint density at radius 3 is 2.44 bits per heavy atom. The van der Waals surface area contributed by atoms with Crippen molar-refractivity contribution in [1.82, 2.24) is 10.2 Å². The minimum atomic E-state index is -2.90. The van der Waals surface area contributed by atoms with Gasteiger partial charge in [-0.05, 0) is 20.8 Å². The van der Waals surface area contributed by atoms with E-state index in [2.05, 4.69) is 5.32 Å². The summed E-state index contributed by atoms with van der Waals surface area (Å²) in [5.74, 6) is -2.90. The van der Waals surface area contributed by atoms with Crippen molar-refractivity contribution in [1.29, 1.82) is 0 Å². The molecule has 1 heterocycles. The highest BCUT2D eigenvalue weighted by molar-refractivity contribution is 5.68. The molecule has 1 saturated heterocycles. The summed E-state index contributed by atoms with van der Waals surface area (Å²) in [4.78, 5) is 12.5. The second-order valence-corrected chi connectivity index (χ2v) is 5.00. The van der Waals surface area contributed by atoms with Crippen LogP contribution in [0.4, 0.5) is 13.6 Å². The molecule has 4 nitrogen and oxygen atoms in total. The Morgan fingerprint density at radius 1 is 1.50 bits per heavy atom. The first-order valence-electron chi connectivity index (χ1n) is 5.18. The Kier molecular flexibility index (Phi) is 3.42. The number of likely N-dealkylation sites (N-methyl/N-ethyl adjacent to an activating group) is 1. The van der Waals surface area contributed by atoms with Gasteiger partial charge in [0.1, 0.15) is 11.6 Å². The first-order valence-corrected chi connectivity index (χ1v) is 5.18. The number of ether oxygens (including phenoxy) is 1. The fourth-order valence-corrected chi connectivity index (χ4v) is 1.52. The summed E-state index contributed by atoms with van der Waals surface area (Å²) in [5, 5.41) is 2.56. The lowest BCUT2D eigenvalue weighted by Crippen LogP contribution is -2.49. The number of nitrogens with zero attached hydrogens (tertiary/aromatic N) is 1. The van der Waals surface area contributed by atoms with Gasteiger partial charge in [-0.1, -0.05) is 0 Å². The molecule has 0 spiro atoms. The van der Waals surface area contributed by atoms with E-state index < -0.39 is 30.2 Å². The third-order valence-corrected chi connectivity index (χ3v) is 2.33. The standard InChI is InChI=1S/C10H18F2N2O2/c1-9(2,3)16-8(15)14(4)7-5-13-6-10(7,11)12/h7,13H,5-6H2,1-4H3. The van der Waals surface area contributed by atoms with Gasteiger partial charge in [-0.25, -0.2) is 13.6 Å². The molecule has 1 rings (SSSR count). The first kappa shape index (κ1) is 13.2. The maximum Gasteiger partial charge on any atom is 0.410 e. The molecule has 94 valence electrons. The van der Waals surface area contributed by atoms with Gasteiger partial charge in [0.25, 0.3) is 5.92 Å². The van der Waals surface area contributed by atoms with E-state index in [-0.39, 0.29) is 6.54 Å². The van der Waals surface area contributed by atoms with Crippen LogP contribution in [0.5, 0.6) is 0 Å². The smallest absolute Gasteiger partial charge is 0.410 e. The number of rotatable bonds is 1. The van der Waals surface area contributed by atoms with Crippen molar-refractivity contribution in [2.45, 2.75) is 38.3 Å². The Balaban J connectivity index is 2.64. The highest BCUT2D eigenvalue weighted by Gasteiger charge is 2.48. The summed E-state index contributed by atoms with van der Waals surface area (Å²) in [7, 11) is 1.33. The number of nitrogens with one attached hydrogen (secondary N) is 1. The highest BCUT2D eigenvalue weighted by Crippen LogP contribution is 2.26. The Bertz CT molecular complexity index is 276. The van der Waals surface area contributed by atoms with Crippen molar-refractivity contribution < 1.29 is 18.3 Å². The second-order valence-electron chi connectivity index (χ2n) is 5.00. The average molecular weight is 236 g/mol. The molecule has 0 bridgehead atoms. The van der Waals surface area contributed by atoms with Crippen molar-refractivity contribution in [3.63, 3.8) is 0 Å². The van der Waals surface area contributed by atoms with Gasteiger partial charge in [0.15, 0.2) is 0 Å². The van der Waals surface area contributed by atoms with Crippen LogP contribution >= 0.6 is 0 Å². The number of carbonyl (C=O) groups excluding carboxylic acids is 1. The predicted octanol–water partition coefficient (Wildman–Crippen LogP) is 1.46. The van der Waals surface area contributed by atoms with Gasteiger partial charge in [-0.3, -0.25) is 0 Å². The average Bonchev–Trinajstić information content (AvgIpc) is 2.40. The van der Waals surface area contributed by atoms with Crippen molar-refractivity contribution in [3.8, 4) is 0 Å². The van der Waals surface area contributed by atoms with Crippen LogP contribution in [0.1, 0.15) is 20.8 Å². The Morgan fingerprint density at radius 2 is 2.06 bits per heavy atom. The molecule has 16 heavy (non-hydrogen) atoms. The lowest BCUT2D eigenvalue weighted by Gasteiger charge is -2.30. The molecule has 0 aliphatic carbocycles. The summed E-state index contributed by atoms with van der Waals surface area (Å²) in [5.41, 5.74) is -0.674. The van der Waals surface area contributed by atoms with E-state index in [0.29, 0.717) is 0 Å². The number of hydrogen-bond donors (Lipinski definition) is 1. The maximum absolute atomic E-state index is 13.3. The van der Waals surface area contributed by atoms with E-state index in [9.17, 15) is 13.6 Å². The van der Waals surface area contributed by atoms with Gasteiger partial charge in [0.2, 0.25) is 0 Å². The number of halogens is 2. The molecule has 1 unspecified atom stereocenters. The summed E-state index contributed by atoms with van der Waals surface area (Å²) in [6, 6.07) is -1.14. The van der Waals surface area contributed by atoms with Crippen LogP contribution in [0.2, 0.25) is 0 Å². The second kappa shape index (κ2) is 4.16. The highest BCUT2D eigenvalue weighted by atomic mass is 19.3. The van der Waals surface area contributed by atoms with Gasteiger partial charge in [-0.15, -0.1) is 0 Å². The van der Waals surface area contributed by atoms with Crippen LogP contribution in [0.15, 0.2) is 0 Å². The Labute approximate surface area is 93.9 Å². The minimum Gasteiger partial charge on any atom is -0.444 e. The monoisotopic (exact) mass is 236 g/mol. The first-order chi connectivity index (χ1) is 7.13. The van der Waals surface area contributed by atoms with Crippen LogP contribution in [0, 0.1) is 0 Å². The van der Waals surface area contributed by atoms with Crippen molar-refractivity contribution in [2.75, 3.05) is 20.1 Å². The molecule has 1 amide bonds. The Hall–Kier alpha value is -0.910. The molecule has 0 aromatic heterocycles. The summed E-state index contributed by atoms with van der Waals surface area (Å²) < 4.78 is 31.7. The summed E-state index contributed by atoms with van der Waals surface area (Å²) in [6.07, 6.45) is -0.721. The summed E-state index contributed by atoms with van der Waals surface area (Å²) in [6.45, 7) is 4.78. The third-order valence-electron chi connectivity index (χ3n) is 2.33. The lowest BCUT2D eigenvalue weighted by molar-refractivity contribution is -0.0495. The van der Waals surface area contributed by atoms with Crippen LogP contribution in [-0.2, 0) is 4.74 Å². The molecule has 0 saturated carbocycles. The number of hydrogen-bond acceptors (Lipinski definition) is 3. The molecule has 1 fully saturated rings. The van der Waals surface area contributed by atoms with E-state index in [1.807, 2.05) is 0 Å². The third kappa shape index (κ3) is 3.04. The molecule has 6 heteroatoms. The quantitative estimate of drug-likeness (QED) is 0.749. The van der Waals surface area contributed by atoms with Crippen LogP contribution in [-0.4, -0.2) is 48.7 Å². The van der Waals surface area contributed by atoms with E-state index in [0.717, 1.165) is 4.90 Å². The van der Waals surface area contributed by atoms with Crippen molar-refractivity contribution >= 4 is 6.09 Å². The lowest BCUT2D eigenvalue weighted by atomic mass is 10.2. The van der Waals surface area contributed by atoms with E-state index in [1.165, 1.54) is 7.05 Å². The number of alkyl halides is 2. The summed E-state index contributed by atoms with van der Waals surface area (Å²) >= 11 is 0. The number of carbonyl (C=O) groups is 1. The number of amides is 1. The zero-order valence-corrected chi connectivity index (χ0v) is 10.0. The van der Waals surface area contributed by atoms with Crippen molar-refractivity contribution in [2.24, 2.45) is 0 Å². The zero-order chi connectivity index (χ0) is 12.6. The fraction of sp³-hybridized carbons (Fsp3) is 0.900. The molecular weight excluding hydrogens is 218 g/mol. The molecule has 1 aliphatic rings. The molecule has 0 radical (unpaired) electrons. The van der Waals surface area contributed by atoms with Gasteiger partial charge in [0, 0.05) is 13.6 Å². The van der Waals surface area contributed by atoms with E-state index >= 15 is 0 Å².